The van der Waals surface area contributed by atoms with Crippen LogP contribution in [0.3, 0.4) is 0 Å². The number of thiazole rings is 1. The molecule has 1 N–H and O–H groups in total. The van der Waals surface area contributed by atoms with Crippen molar-refractivity contribution in [2.24, 2.45) is 0 Å². The Bertz CT molecular complexity index is 626. The highest BCUT2D eigenvalue weighted by Gasteiger charge is 2.06. The number of anilines is 1. The molecular formula is C11H10N4S3. The summed E-state index contributed by atoms with van der Waals surface area (Å²) in [5.41, 5.74) is 1.04. The van der Waals surface area contributed by atoms with E-state index in [9.17, 15) is 0 Å². The first kappa shape index (κ1) is 11.8. The summed E-state index contributed by atoms with van der Waals surface area (Å²) in [4.78, 5) is 5.82. The molecule has 0 unspecified atom stereocenters. The number of aromatic nitrogens is 3. The molecule has 0 spiro atoms. The molecule has 4 nitrogen and oxygen atoms in total. The van der Waals surface area contributed by atoms with E-state index < -0.39 is 0 Å². The molecule has 0 fully saturated rings. The summed E-state index contributed by atoms with van der Waals surface area (Å²) in [6.07, 6.45) is 0. The second kappa shape index (κ2) is 5.13. The average Bonchev–Trinajstić information content (AvgIpc) is 3.07. The van der Waals surface area contributed by atoms with E-state index in [1.807, 2.05) is 13.0 Å². The zero-order valence-corrected chi connectivity index (χ0v) is 12.0. The van der Waals surface area contributed by atoms with Gasteiger partial charge in [0.1, 0.15) is 10.0 Å². The first-order valence-corrected chi connectivity index (χ1v) is 7.91. The van der Waals surface area contributed by atoms with Crippen molar-refractivity contribution >= 4 is 39.1 Å². The van der Waals surface area contributed by atoms with Crippen molar-refractivity contribution in [2.75, 3.05) is 5.32 Å². The van der Waals surface area contributed by atoms with Gasteiger partial charge in [0.15, 0.2) is 0 Å². The lowest BCUT2D eigenvalue weighted by Crippen LogP contribution is -1.99. The summed E-state index contributed by atoms with van der Waals surface area (Å²) >= 11 is 4.94. The van der Waals surface area contributed by atoms with Crippen molar-refractivity contribution in [3.8, 4) is 9.88 Å². The Morgan fingerprint density at radius 1 is 1.28 bits per heavy atom. The number of thiophene rings is 1. The van der Waals surface area contributed by atoms with Gasteiger partial charge in [-0.05, 0) is 18.4 Å². The van der Waals surface area contributed by atoms with Crippen molar-refractivity contribution in [3.05, 3.63) is 33.6 Å². The van der Waals surface area contributed by atoms with Crippen LogP contribution in [0.5, 0.6) is 0 Å². The first-order valence-electron chi connectivity index (χ1n) is 5.33. The summed E-state index contributed by atoms with van der Waals surface area (Å²) in [6.45, 7) is 2.64. The first-order chi connectivity index (χ1) is 8.81. The highest BCUT2D eigenvalue weighted by Crippen LogP contribution is 2.28. The van der Waals surface area contributed by atoms with Crippen LogP contribution >= 0.6 is 34.0 Å². The van der Waals surface area contributed by atoms with Gasteiger partial charge >= 0.3 is 0 Å². The van der Waals surface area contributed by atoms with Crippen LogP contribution in [0.1, 0.15) is 10.7 Å². The largest absolute Gasteiger partial charge is 0.354 e. The SMILES string of the molecule is Cc1nnc(NCc2csc(-c3cccs3)n2)s1. The Kier molecular flexibility index (Phi) is 3.35. The minimum atomic E-state index is 0.691. The maximum Gasteiger partial charge on any atom is 0.205 e. The summed E-state index contributed by atoms with van der Waals surface area (Å²) in [5.74, 6) is 0. The number of hydrogen-bond donors (Lipinski definition) is 1. The van der Waals surface area contributed by atoms with E-state index in [4.69, 9.17) is 0 Å². The highest BCUT2D eigenvalue weighted by molar-refractivity contribution is 7.20. The van der Waals surface area contributed by atoms with Crippen molar-refractivity contribution in [3.63, 3.8) is 0 Å². The van der Waals surface area contributed by atoms with Crippen molar-refractivity contribution in [1.29, 1.82) is 0 Å². The summed E-state index contributed by atoms with van der Waals surface area (Å²) in [7, 11) is 0. The van der Waals surface area contributed by atoms with E-state index in [2.05, 4.69) is 37.3 Å². The molecule has 7 heteroatoms. The summed E-state index contributed by atoms with van der Waals surface area (Å²) in [5, 5.41) is 18.3. The summed E-state index contributed by atoms with van der Waals surface area (Å²) in [6, 6.07) is 4.14. The van der Waals surface area contributed by atoms with Crippen LogP contribution in [0, 0.1) is 6.92 Å². The van der Waals surface area contributed by atoms with Crippen LogP contribution in [0.25, 0.3) is 9.88 Å². The smallest absolute Gasteiger partial charge is 0.205 e. The molecule has 3 aromatic rings. The molecule has 0 radical (unpaired) electrons. The Labute approximate surface area is 116 Å². The van der Waals surface area contributed by atoms with E-state index in [0.29, 0.717) is 6.54 Å². The van der Waals surface area contributed by atoms with E-state index >= 15 is 0 Å². The minimum Gasteiger partial charge on any atom is -0.354 e. The summed E-state index contributed by atoms with van der Waals surface area (Å²) < 4.78 is 0. The maximum absolute atomic E-state index is 4.60. The highest BCUT2D eigenvalue weighted by atomic mass is 32.1. The lowest BCUT2D eigenvalue weighted by molar-refractivity contribution is 1.01. The molecule has 0 saturated heterocycles. The third-order valence-corrected chi connectivity index (χ3v) is 4.96. The zero-order chi connectivity index (χ0) is 12.4. The predicted octanol–water partition coefficient (Wildman–Crippen LogP) is 3.64. The normalized spacial score (nSPS) is 10.7. The Morgan fingerprint density at radius 3 is 2.94 bits per heavy atom. The molecule has 0 bridgehead atoms. The minimum absolute atomic E-state index is 0.691. The second-order valence-electron chi connectivity index (χ2n) is 3.60. The van der Waals surface area contributed by atoms with Gasteiger partial charge in [0, 0.05) is 5.38 Å². The quantitative estimate of drug-likeness (QED) is 0.798. The predicted molar refractivity (Wildman–Crippen MR) is 77.4 cm³/mol. The molecule has 0 aliphatic carbocycles. The fourth-order valence-corrected chi connectivity index (χ4v) is 3.66. The molecule has 3 aromatic heterocycles. The Morgan fingerprint density at radius 2 is 2.22 bits per heavy atom. The van der Waals surface area contributed by atoms with Crippen LogP contribution in [0.2, 0.25) is 0 Å². The molecule has 0 saturated carbocycles. The van der Waals surface area contributed by atoms with Crippen molar-refractivity contribution in [1.82, 2.24) is 15.2 Å². The van der Waals surface area contributed by atoms with Crippen LogP contribution in [-0.2, 0) is 6.54 Å². The van der Waals surface area contributed by atoms with Gasteiger partial charge in [0.05, 0.1) is 17.1 Å². The second-order valence-corrected chi connectivity index (χ2v) is 6.59. The molecule has 0 aromatic carbocycles. The van der Waals surface area contributed by atoms with E-state index in [-0.39, 0.29) is 0 Å². The van der Waals surface area contributed by atoms with E-state index in [1.165, 1.54) is 4.88 Å². The van der Waals surface area contributed by atoms with Gasteiger partial charge < -0.3 is 5.32 Å². The van der Waals surface area contributed by atoms with Crippen molar-refractivity contribution in [2.45, 2.75) is 13.5 Å². The molecule has 3 rings (SSSR count). The third-order valence-electron chi connectivity index (χ3n) is 2.23. The van der Waals surface area contributed by atoms with E-state index in [0.717, 1.165) is 20.8 Å². The topological polar surface area (TPSA) is 50.7 Å². The molecule has 0 atom stereocenters. The lowest BCUT2D eigenvalue weighted by Gasteiger charge is -1.97. The van der Waals surface area contributed by atoms with Crippen LogP contribution < -0.4 is 5.32 Å². The van der Waals surface area contributed by atoms with Gasteiger partial charge in [-0.2, -0.15) is 0 Å². The molecule has 18 heavy (non-hydrogen) atoms. The fourth-order valence-electron chi connectivity index (χ4n) is 1.44. The number of aryl methyl sites for hydroxylation is 1. The average molecular weight is 294 g/mol. The van der Waals surface area contributed by atoms with Crippen LogP contribution in [0.4, 0.5) is 5.13 Å². The Hall–Kier alpha value is -1.31. The standard InChI is InChI=1S/C11H10N4S3/c1-7-14-15-11(18-7)12-5-8-6-17-10(13-8)9-3-2-4-16-9/h2-4,6H,5H2,1H3,(H,12,15). The third kappa shape index (κ3) is 2.58. The van der Waals surface area contributed by atoms with Gasteiger partial charge in [-0.1, -0.05) is 17.4 Å². The van der Waals surface area contributed by atoms with Gasteiger partial charge in [-0.3, -0.25) is 0 Å². The Balaban J connectivity index is 1.67. The zero-order valence-electron chi connectivity index (χ0n) is 9.58. The molecule has 3 heterocycles. The number of hydrogen-bond acceptors (Lipinski definition) is 7. The number of nitrogens with one attached hydrogen (secondary N) is 1. The fraction of sp³-hybridized carbons (Fsp3) is 0.182. The van der Waals surface area contributed by atoms with Gasteiger partial charge in [-0.25, -0.2) is 4.98 Å². The molecular weight excluding hydrogens is 284 g/mol. The monoisotopic (exact) mass is 294 g/mol. The van der Waals surface area contributed by atoms with Crippen LogP contribution in [-0.4, -0.2) is 15.2 Å². The lowest BCUT2D eigenvalue weighted by atomic mass is 10.4. The maximum atomic E-state index is 4.60. The molecule has 0 aliphatic rings. The number of nitrogens with zero attached hydrogens (tertiary/aromatic N) is 3. The molecule has 0 amide bonds. The number of rotatable bonds is 4. The van der Waals surface area contributed by atoms with Gasteiger partial charge in [0.2, 0.25) is 5.13 Å². The molecule has 0 aliphatic heterocycles. The molecule has 92 valence electrons. The van der Waals surface area contributed by atoms with E-state index in [1.54, 1.807) is 34.0 Å². The van der Waals surface area contributed by atoms with Gasteiger partial charge in [-0.15, -0.1) is 32.9 Å². The van der Waals surface area contributed by atoms with Crippen molar-refractivity contribution < 1.29 is 0 Å². The van der Waals surface area contributed by atoms with Crippen LogP contribution in [0.15, 0.2) is 22.9 Å². The van der Waals surface area contributed by atoms with Gasteiger partial charge in [0.25, 0.3) is 0 Å².